The number of likely N-dealkylation sites (tertiary alicyclic amines) is 1. The van der Waals surface area contributed by atoms with Crippen LogP contribution in [0.3, 0.4) is 0 Å². The van der Waals surface area contributed by atoms with Crippen LogP contribution in [0.4, 0.5) is 4.79 Å². The predicted molar refractivity (Wildman–Crippen MR) is 508 cm³/mol. The van der Waals surface area contributed by atoms with Crippen molar-refractivity contribution in [1.82, 2.24) is 56.8 Å². The van der Waals surface area contributed by atoms with Gasteiger partial charge in [0.25, 0.3) is 12.4 Å². The molecule has 0 bridgehead atoms. The Bertz CT molecular complexity index is 4680. The SMILES string of the molecule is CC[C@@H](C)[C@H]1NC(=O)[C@H](NC(=O)[C@H](CC(C)C)N(C)C(=O)C2CCCN2C(=O)[C@@H](C)OC(=O)OCCSSC[C@H](CC(=O)[C@H](Cc2ccccc2)NC(=O)[C@H](CC(=O)O)CC(=O)CC[C@H](NC(=O)CC[C@H](NC(=S)N[C@@H](CCC(=O)O)OC=O)C(=O)O)C(=O)O)C(=O)O)[C@H](C)OC(=O)[C@@H](Cc2ccc(C)cc2)N(C)C(=O)[C@H]2CCCN2C(=O)C(CC(C)C)NC(=O)[C@H](C)C(=O)[C@@H](C(C)C)OC(=O)C[C@H]1O. The number of ketones is 3. The van der Waals surface area contributed by atoms with Crippen molar-refractivity contribution in [3.8, 4) is 0 Å². The highest BCUT2D eigenvalue weighted by Crippen LogP contribution is 2.31. The lowest BCUT2D eigenvalue weighted by Gasteiger charge is -2.36. The zero-order valence-corrected chi connectivity index (χ0v) is 83.7. The summed E-state index contributed by atoms with van der Waals surface area (Å²) in [5.41, 5.74) is 1.91. The number of ether oxygens (including phenoxy) is 5. The molecule has 140 heavy (non-hydrogen) atoms. The molecule has 0 aromatic heterocycles. The summed E-state index contributed by atoms with van der Waals surface area (Å²) >= 11 is 5.05. The van der Waals surface area contributed by atoms with Crippen molar-refractivity contribution in [2.45, 2.75) is 296 Å². The van der Waals surface area contributed by atoms with Crippen molar-refractivity contribution < 1.29 is 155 Å². The number of carbonyl (C=O) groups is 21. The quantitative estimate of drug-likeness (QED) is 0.00650. The van der Waals surface area contributed by atoms with Gasteiger partial charge in [-0.2, -0.15) is 0 Å². The number of benzene rings is 2. The number of carbonyl (C=O) groups excluding carboxylic acids is 16. The van der Waals surface area contributed by atoms with E-state index in [4.69, 9.17) is 41.0 Å². The van der Waals surface area contributed by atoms with Crippen molar-refractivity contribution in [1.29, 1.82) is 0 Å². The van der Waals surface area contributed by atoms with Crippen LogP contribution in [0.15, 0.2) is 54.6 Å². The van der Waals surface area contributed by atoms with Crippen LogP contribution >= 0.6 is 33.8 Å². The van der Waals surface area contributed by atoms with Gasteiger partial charge in [0.15, 0.2) is 35.1 Å². The van der Waals surface area contributed by atoms with Gasteiger partial charge in [-0.25, -0.2) is 19.2 Å². The van der Waals surface area contributed by atoms with Gasteiger partial charge >= 0.3 is 47.9 Å². The Kier molecular flexibility index (Phi) is 49.4. The largest absolute Gasteiger partial charge is 0.509 e. The van der Waals surface area contributed by atoms with Crippen LogP contribution in [0.1, 0.15) is 202 Å². The molecule has 5 rings (SSSR count). The third-order valence-corrected chi connectivity index (χ3v) is 26.9. The number of hydrogen-bond donors (Lipinski definition) is 13. The van der Waals surface area contributed by atoms with Crippen molar-refractivity contribution in [2.75, 3.05) is 45.3 Å². The average Bonchev–Trinajstić information content (AvgIpc) is 1.60. The van der Waals surface area contributed by atoms with Gasteiger partial charge < -0.3 is 111 Å². The van der Waals surface area contributed by atoms with Crippen molar-refractivity contribution in [3.63, 3.8) is 0 Å². The number of thiocarbonyl (C=S) groups is 1. The van der Waals surface area contributed by atoms with E-state index in [9.17, 15) is 102 Å². The number of Topliss-reactive ketones (excluding diaryl/α,β-unsaturated/α-hetero) is 3. The number of aryl methyl sites for hydroxylation is 1. The second kappa shape index (κ2) is 58.3. The summed E-state index contributed by atoms with van der Waals surface area (Å²) in [5, 5.41) is 78.2. The average molecular weight is 2030 g/mol. The molecule has 3 aliphatic rings. The maximum atomic E-state index is 15.4. The molecule has 2 unspecified atom stereocenters. The predicted octanol–water partition coefficient (Wildman–Crippen LogP) is 4.01. The third kappa shape index (κ3) is 38.2. The van der Waals surface area contributed by atoms with Crippen molar-refractivity contribution >= 4 is 164 Å². The van der Waals surface area contributed by atoms with E-state index in [-0.39, 0.29) is 107 Å². The number of aliphatic hydroxyl groups excluding tert-OH is 1. The lowest BCUT2D eigenvalue weighted by Crippen LogP contribution is -2.62. The summed E-state index contributed by atoms with van der Waals surface area (Å²) in [4.78, 5) is 292. The molecule has 3 fully saturated rings. The zero-order valence-electron chi connectivity index (χ0n) is 81.3. The first-order valence-electron chi connectivity index (χ1n) is 46.6. The van der Waals surface area contributed by atoms with E-state index in [1.54, 1.807) is 96.1 Å². The maximum absolute atomic E-state index is 15.4. The van der Waals surface area contributed by atoms with Crippen LogP contribution in [0.5, 0.6) is 0 Å². The van der Waals surface area contributed by atoms with Gasteiger partial charge in [-0.05, 0) is 132 Å². The van der Waals surface area contributed by atoms with Gasteiger partial charge in [-0.3, -0.25) is 81.5 Å². The Morgan fingerprint density at radius 3 is 1.93 bits per heavy atom. The van der Waals surface area contributed by atoms with Crippen LogP contribution in [0, 0.1) is 48.3 Å². The number of rotatable bonds is 49. The standard InChI is InChI=1S/C94H135N11O32S3/c1-15-53(9)77-71(109)46-76(115)137-80(51(6)7)79(116)54(10)81(117)97-65(39-49(2)3)86(122)105-36-20-24-67(105)88(124)103(14)69(42-58-27-25-52(8)26-28-58)92(131)135-55(11)78(84(120)100-77)101-83(119)68(40-50(4)5)102(13)87(123)66-23-19-35-104(66)85(121)56(12)136-94(132)133-37-38-139-140-47-60(89(125)126)44-70(108)64(41-57-21-17-16-18-22-57)96-82(118)59(45-75(113)114)43-61(107)29-30-62(90(127)128)95-72(110)32-31-63(91(129)130)98-93(138)99-73(134-48-106)33-34-74(111)112/h16-18,21-22,25-28,48-51,53-56,59-60,62-69,71,73,77-78,80,109H,15,19-20,23-24,29-47H2,1-14H3,(H,95,110)(H,96,118)(H,97,117)(H,100,120)(H,101,119)(H,111,112)(H,113,114)(H,125,126)(H,127,128)(H,129,130)(H2,98,99,138)/t53-,54-,55+,56-,59+,60+,62+,63+,64+,65?,66?,67-,68+,69-,71-,73-,77-,78-,80-/m1/s1. The van der Waals surface area contributed by atoms with Crippen LogP contribution in [0.25, 0.3) is 0 Å². The molecule has 0 spiro atoms. The van der Waals surface area contributed by atoms with Crippen LogP contribution in [-0.2, 0) is 132 Å². The van der Waals surface area contributed by atoms with E-state index in [1.165, 1.54) is 44.7 Å². The fraction of sp³-hybridized carbons (Fsp3) is 0.638. The smallest absolute Gasteiger partial charge is 0.481 e. The molecule has 19 atom stereocenters. The molecular formula is C94H135N11O32S3. The number of hydrogen-bond acceptors (Lipinski definition) is 30. The summed E-state index contributed by atoms with van der Waals surface area (Å²) in [6.45, 7) is 19.1. The summed E-state index contributed by atoms with van der Waals surface area (Å²) in [6, 6.07) is 0.454. The Hall–Kier alpha value is -11.9. The molecule has 3 saturated heterocycles. The molecule has 3 aliphatic heterocycles. The number of amides is 9. The molecule has 43 nitrogen and oxygen atoms in total. The fourth-order valence-electron chi connectivity index (χ4n) is 16.1. The van der Waals surface area contributed by atoms with Gasteiger partial charge in [0.1, 0.15) is 66.8 Å². The van der Waals surface area contributed by atoms with E-state index >= 15 is 24.0 Å². The van der Waals surface area contributed by atoms with E-state index in [2.05, 4.69) is 37.2 Å². The highest BCUT2D eigenvalue weighted by molar-refractivity contribution is 8.76. The first-order valence-corrected chi connectivity index (χ1v) is 49.5. The fourth-order valence-corrected chi connectivity index (χ4v) is 18.5. The first kappa shape index (κ1) is 119. The van der Waals surface area contributed by atoms with Gasteiger partial charge in [-0.15, -0.1) is 0 Å². The number of aliphatic carboxylic acids is 5. The number of esters is 2. The third-order valence-electron chi connectivity index (χ3n) is 24.2. The molecule has 2 aromatic carbocycles. The molecule has 46 heteroatoms. The Morgan fingerprint density at radius 2 is 1.33 bits per heavy atom. The van der Waals surface area contributed by atoms with Gasteiger partial charge in [0.2, 0.25) is 47.3 Å². The lowest BCUT2D eigenvalue weighted by atomic mass is 9.91. The molecule has 776 valence electrons. The molecule has 0 radical (unpaired) electrons. The Balaban J connectivity index is 1.28. The molecular weight excluding hydrogens is 1890 g/mol. The first-order chi connectivity index (χ1) is 65.9. The number of nitrogens with one attached hydrogen (secondary N) is 7. The van der Waals surface area contributed by atoms with Crippen molar-refractivity contribution in [3.05, 3.63) is 71.3 Å². The van der Waals surface area contributed by atoms with Crippen LogP contribution in [-0.4, -0.2) is 317 Å². The molecule has 2 aromatic rings. The normalized spacial score (nSPS) is 21.7. The molecule has 3 heterocycles. The minimum atomic E-state index is -1.90. The number of fused-ring (bicyclic) bond motifs is 1. The second-order valence-corrected chi connectivity index (χ2v) is 39.6. The van der Waals surface area contributed by atoms with Crippen molar-refractivity contribution in [2.24, 2.45) is 41.4 Å². The van der Waals surface area contributed by atoms with Crippen LogP contribution in [0.2, 0.25) is 0 Å². The summed E-state index contributed by atoms with van der Waals surface area (Å²) in [6.07, 6.45) is -14.9. The molecule has 13 N–H and O–H groups in total. The van der Waals surface area contributed by atoms with E-state index in [0.29, 0.717) is 17.5 Å². The summed E-state index contributed by atoms with van der Waals surface area (Å²) in [5.74, 6) is -26.7. The number of likely N-dealkylation sites (N-methyl/N-ethyl adjacent to an activating group) is 2. The number of cyclic esters (lactones) is 2. The number of carboxylic acids is 5. The number of aliphatic hydroxyl groups is 1. The van der Waals surface area contributed by atoms with E-state index in [0.717, 1.165) is 37.0 Å². The topological polar surface area (TPSA) is 623 Å². The second-order valence-electron chi connectivity index (χ2n) is 36.6. The van der Waals surface area contributed by atoms with Gasteiger partial charge in [0.05, 0.1) is 55.2 Å². The summed E-state index contributed by atoms with van der Waals surface area (Å²) < 4.78 is 27.4. The highest BCUT2D eigenvalue weighted by Gasteiger charge is 2.48. The highest BCUT2D eigenvalue weighted by atomic mass is 33.1. The Morgan fingerprint density at radius 1 is 0.686 bits per heavy atom. The molecule has 0 aliphatic carbocycles. The van der Waals surface area contributed by atoms with Crippen LogP contribution < -0.4 is 37.2 Å². The minimum absolute atomic E-state index is 0.00299. The van der Waals surface area contributed by atoms with E-state index in [1.807, 2.05) is 20.8 Å². The Labute approximate surface area is 825 Å². The zero-order chi connectivity index (χ0) is 105. The number of carboxylic acid groups (broad SMARTS) is 5. The van der Waals surface area contributed by atoms with Gasteiger partial charge in [0, 0.05) is 77.2 Å². The minimum Gasteiger partial charge on any atom is -0.481 e. The molecule has 9 amide bonds. The van der Waals surface area contributed by atoms with E-state index < -0.39 is 302 Å². The summed E-state index contributed by atoms with van der Waals surface area (Å²) in [7, 11) is 4.65. The monoisotopic (exact) mass is 2030 g/mol. The van der Waals surface area contributed by atoms with Gasteiger partial charge in [-0.1, -0.05) is 144 Å². The number of nitrogens with zero attached hydrogens (tertiary/aromatic N) is 4. The molecule has 0 saturated carbocycles. The maximum Gasteiger partial charge on any atom is 0.509 e. The lowest BCUT2D eigenvalue weighted by molar-refractivity contribution is -0.163.